The second-order valence-corrected chi connectivity index (χ2v) is 4.21. The van der Waals surface area contributed by atoms with Crippen LogP contribution in [-0.4, -0.2) is 22.6 Å². The number of carbonyl (C=O) groups is 1. The van der Waals surface area contributed by atoms with Gasteiger partial charge < -0.3 is 11.1 Å². The van der Waals surface area contributed by atoms with Crippen molar-refractivity contribution in [1.29, 1.82) is 0 Å². The molecule has 94 valence electrons. The average molecular weight is 236 g/mol. The van der Waals surface area contributed by atoms with Gasteiger partial charge >= 0.3 is 0 Å². The van der Waals surface area contributed by atoms with E-state index in [1.54, 1.807) is 12.3 Å². The van der Waals surface area contributed by atoms with Crippen LogP contribution < -0.4 is 11.1 Å². The highest BCUT2D eigenvalue weighted by Gasteiger charge is 2.06. The second kappa shape index (κ2) is 7.73. The molecule has 0 radical (unpaired) electrons. The molecule has 3 N–H and O–H groups in total. The first-order chi connectivity index (χ1) is 8.22. The number of nitrogens with two attached hydrogens (primary N) is 1. The van der Waals surface area contributed by atoms with Gasteiger partial charge in [0.2, 0.25) is 5.91 Å². The highest BCUT2D eigenvalue weighted by Crippen LogP contribution is 2.08. The molecule has 0 saturated heterocycles. The van der Waals surface area contributed by atoms with Crippen molar-refractivity contribution in [1.82, 2.24) is 15.5 Å². The molecular weight excluding hydrogens is 216 g/mol. The Bertz CT molecular complexity index is 329. The maximum atomic E-state index is 11.5. The number of rotatable bonds is 7. The van der Waals surface area contributed by atoms with E-state index in [-0.39, 0.29) is 5.91 Å². The van der Waals surface area contributed by atoms with Crippen molar-refractivity contribution in [2.24, 2.45) is 11.7 Å². The normalized spacial score (nSPS) is 12.1. The van der Waals surface area contributed by atoms with E-state index >= 15 is 0 Å². The van der Waals surface area contributed by atoms with Crippen molar-refractivity contribution in [3.8, 4) is 0 Å². The molecule has 0 saturated carbocycles. The summed E-state index contributed by atoms with van der Waals surface area (Å²) in [5, 5.41) is 10.5. The molecule has 0 aliphatic heterocycles. The Morgan fingerprint density at radius 1 is 1.53 bits per heavy atom. The van der Waals surface area contributed by atoms with Gasteiger partial charge in [-0.25, -0.2) is 0 Å². The summed E-state index contributed by atoms with van der Waals surface area (Å²) in [5.41, 5.74) is 6.23. The molecule has 0 aliphatic carbocycles. The molecule has 5 heteroatoms. The Morgan fingerprint density at radius 2 is 2.35 bits per heavy atom. The highest BCUT2D eigenvalue weighted by molar-refractivity contribution is 5.75. The summed E-state index contributed by atoms with van der Waals surface area (Å²) in [7, 11) is 0. The van der Waals surface area contributed by atoms with E-state index in [1.807, 2.05) is 6.07 Å². The van der Waals surface area contributed by atoms with Crippen LogP contribution in [0.2, 0.25) is 0 Å². The molecule has 0 aromatic carbocycles. The minimum atomic E-state index is 0.0551. The minimum Gasteiger partial charge on any atom is -0.350 e. The summed E-state index contributed by atoms with van der Waals surface area (Å²) in [6, 6.07) is 3.64. The van der Waals surface area contributed by atoms with Crippen molar-refractivity contribution < 1.29 is 4.79 Å². The molecule has 17 heavy (non-hydrogen) atoms. The van der Waals surface area contributed by atoms with Crippen LogP contribution in [0.25, 0.3) is 0 Å². The quantitative estimate of drug-likeness (QED) is 0.735. The summed E-state index contributed by atoms with van der Waals surface area (Å²) in [4.78, 5) is 11.5. The smallest absolute Gasteiger partial charge is 0.220 e. The SMILES string of the molecule is CC(CCN)CCC(=O)NCc1cccnn1. The van der Waals surface area contributed by atoms with Crippen LogP contribution in [0.3, 0.4) is 0 Å². The molecule has 5 nitrogen and oxygen atoms in total. The Hall–Kier alpha value is -1.49. The molecule has 0 fully saturated rings. The molecule has 0 bridgehead atoms. The van der Waals surface area contributed by atoms with Gasteiger partial charge in [-0.05, 0) is 37.4 Å². The fourth-order valence-corrected chi connectivity index (χ4v) is 1.51. The number of amides is 1. The van der Waals surface area contributed by atoms with Crippen LogP contribution in [0.1, 0.15) is 31.9 Å². The lowest BCUT2D eigenvalue weighted by atomic mass is 10.0. The van der Waals surface area contributed by atoms with Crippen LogP contribution in [-0.2, 0) is 11.3 Å². The van der Waals surface area contributed by atoms with Gasteiger partial charge in [0, 0.05) is 12.6 Å². The van der Waals surface area contributed by atoms with Crippen molar-refractivity contribution in [2.45, 2.75) is 32.7 Å². The van der Waals surface area contributed by atoms with E-state index < -0.39 is 0 Å². The molecule has 0 aliphatic rings. The Balaban J connectivity index is 2.17. The Kier molecular flexibility index (Phi) is 6.17. The molecule has 1 amide bonds. The predicted molar refractivity (Wildman–Crippen MR) is 65.9 cm³/mol. The fourth-order valence-electron chi connectivity index (χ4n) is 1.51. The molecule has 1 aromatic rings. The van der Waals surface area contributed by atoms with Gasteiger partial charge in [0.25, 0.3) is 0 Å². The van der Waals surface area contributed by atoms with Crippen LogP contribution in [0, 0.1) is 5.92 Å². The lowest BCUT2D eigenvalue weighted by molar-refractivity contribution is -0.121. The monoisotopic (exact) mass is 236 g/mol. The summed E-state index contributed by atoms with van der Waals surface area (Å²) in [5.74, 6) is 0.557. The number of carbonyl (C=O) groups excluding carboxylic acids is 1. The molecule has 1 aromatic heterocycles. The van der Waals surface area contributed by atoms with Crippen LogP contribution in [0.15, 0.2) is 18.3 Å². The second-order valence-electron chi connectivity index (χ2n) is 4.21. The van der Waals surface area contributed by atoms with Crippen LogP contribution in [0.4, 0.5) is 0 Å². The fraction of sp³-hybridized carbons (Fsp3) is 0.583. The summed E-state index contributed by atoms with van der Waals surface area (Å²) < 4.78 is 0. The lowest BCUT2D eigenvalue weighted by Gasteiger charge is -2.09. The lowest BCUT2D eigenvalue weighted by Crippen LogP contribution is -2.23. The number of aromatic nitrogens is 2. The third-order valence-corrected chi connectivity index (χ3v) is 2.62. The number of hydrogen-bond donors (Lipinski definition) is 2. The van der Waals surface area contributed by atoms with Gasteiger partial charge in [0.15, 0.2) is 0 Å². The van der Waals surface area contributed by atoms with Crippen LogP contribution >= 0.6 is 0 Å². The number of nitrogens with zero attached hydrogens (tertiary/aromatic N) is 2. The predicted octanol–water partition coefficient (Wildman–Crippen LogP) is 0.858. The van der Waals surface area contributed by atoms with Gasteiger partial charge in [-0.2, -0.15) is 10.2 Å². The summed E-state index contributed by atoms with van der Waals surface area (Å²) >= 11 is 0. The first kappa shape index (κ1) is 13.6. The van der Waals surface area contributed by atoms with E-state index in [0.29, 0.717) is 25.4 Å². The van der Waals surface area contributed by atoms with Crippen molar-refractivity contribution >= 4 is 5.91 Å². The standard InChI is InChI=1S/C12H20N4O/c1-10(6-7-13)4-5-12(17)14-9-11-3-2-8-15-16-11/h2-3,8,10H,4-7,9,13H2,1H3,(H,14,17). The highest BCUT2D eigenvalue weighted by atomic mass is 16.1. The Labute approximate surface area is 102 Å². The van der Waals surface area contributed by atoms with Crippen molar-refractivity contribution in [3.63, 3.8) is 0 Å². The number of hydrogen-bond acceptors (Lipinski definition) is 4. The topological polar surface area (TPSA) is 80.9 Å². The van der Waals surface area contributed by atoms with Gasteiger partial charge in [-0.3, -0.25) is 4.79 Å². The van der Waals surface area contributed by atoms with E-state index in [0.717, 1.165) is 18.5 Å². The first-order valence-corrected chi connectivity index (χ1v) is 5.95. The average Bonchev–Trinajstić information content (AvgIpc) is 2.35. The van der Waals surface area contributed by atoms with E-state index in [1.165, 1.54) is 0 Å². The third kappa shape index (κ3) is 5.97. The van der Waals surface area contributed by atoms with Gasteiger partial charge in [0.1, 0.15) is 0 Å². The van der Waals surface area contributed by atoms with E-state index in [4.69, 9.17) is 5.73 Å². The van der Waals surface area contributed by atoms with Gasteiger partial charge in [0.05, 0.1) is 12.2 Å². The zero-order valence-electron chi connectivity index (χ0n) is 10.2. The van der Waals surface area contributed by atoms with E-state index in [9.17, 15) is 4.79 Å². The molecule has 1 atom stereocenters. The molecule has 1 heterocycles. The largest absolute Gasteiger partial charge is 0.350 e. The molecular formula is C12H20N4O. The minimum absolute atomic E-state index is 0.0551. The summed E-state index contributed by atoms with van der Waals surface area (Å²) in [6.07, 6.45) is 4.00. The van der Waals surface area contributed by atoms with Crippen LogP contribution in [0.5, 0.6) is 0 Å². The van der Waals surface area contributed by atoms with Crippen molar-refractivity contribution in [3.05, 3.63) is 24.0 Å². The zero-order chi connectivity index (χ0) is 12.5. The third-order valence-electron chi connectivity index (χ3n) is 2.62. The van der Waals surface area contributed by atoms with Crippen molar-refractivity contribution in [2.75, 3.05) is 6.54 Å². The van der Waals surface area contributed by atoms with Gasteiger partial charge in [-0.15, -0.1) is 0 Å². The Morgan fingerprint density at radius 3 is 3.00 bits per heavy atom. The number of nitrogens with one attached hydrogen (secondary N) is 1. The van der Waals surface area contributed by atoms with Gasteiger partial charge in [-0.1, -0.05) is 6.92 Å². The summed E-state index contributed by atoms with van der Waals surface area (Å²) in [6.45, 7) is 3.24. The molecule has 1 unspecified atom stereocenters. The molecule has 1 rings (SSSR count). The maximum absolute atomic E-state index is 11.5. The maximum Gasteiger partial charge on any atom is 0.220 e. The van der Waals surface area contributed by atoms with E-state index in [2.05, 4.69) is 22.4 Å². The molecule has 0 spiro atoms. The first-order valence-electron chi connectivity index (χ1n) is 5.95. The zero-order valence-corrected chi connectivity index (χ0v) is 10.2.